The molecule has 2 rings (SSSR count). The Morgan fingerprint density at radius 1 is 1.28 bits per heavy atom. The maximum Gasteiger partial charge on any atom is 0.338 e. The lowest BCUT2D eigenvalue weighted by molar-refractivity contribution is -0.131. The van der Waals surface area contributed by atoms with Crippen LogP contribution in [0.2, 0.25) is 5.22 Å². The van der Waals surface area contributed by atoms with Crippen LogP contribution < -0.4 is 4.74 Å². The second-order valence-corrected chi connectivity index (χ2v) is 3.89. The molecular formula is C12H9ClO5. The molecule has 0 spiro atoms. The van der Waals surface area contributed by atoms with Crippen molar-refractivity contribution >= 4 is 34.5 Å². The highest BCUT2D eigenvalue weighted by Crippen LogP contribution is 2.32. The van der Waals surface area contributed by atoms with E-state index in [0.717, 1.165) is 0 Å². The van der Waals surface area contributed by atoms with Gasteiger partial charge in [-0.15, -0.1) is 0 Å². The van der Waals surface area contributed by atoms with Crippen LogP contribution in [0.5, 0.6) is 5.75 Å². The molecule has 0 aliphatic carbocycles. The lowest BCUT2D eigenvalue weighted by Gasteiger charge is -2.05. The first-order valence-electron chi connectivity index (χ1n) is 5.01. The summed E-state index contributed by atoms with van der Waals surface area (Å²) in [5.41, 5.74) is 0.561. The summed E-state index contributed by atoms with van der Waals surface area (Å²) in [6.07, 6.45) is 0. The molecule has 0 radical (unpaired) electrons. The van der Waals surface area contributed by atoms with E-state index < -0.39 is 11.9 Å². The Hall–Kier alpha value is -2.01. The molecular weight excluding hydrogens is 260 g/mol. The molecule has 0 unspecified atom stereocenters. The Labute approximate surface area is 107 Å². The van der Waals surface area contributed by atoms with Crippen molar-refractivity contribution in [2.45, 2.75) is 6.92 Å². The van der Waals surface area contributed by atoms with Gasteiger partial charge in [-0.05, 0) is 23.7 Å². The van der Waals surface area contributed by atoms with Gasteiger partial charge in [0.05, 0.1) is 18.1 Å². The van der Waals surface area contributed by atoms with Crippen molar-refractivity contribution < 1.29 is 23.5 Å². The van der Waals surface area contributed by atoms with Crippen LogP contribution in [0.15, 0.2) is 22.6 Å². The lowest BCUT2D eigenvalue weighted by atomic mass is 10.1. The van der Waals surface area contributed by atoms with Crippen molar-refractivity contribution in [2.75, 3.05) is 7.11 Å². The molecule has 1 aromatic heterocycles. The SMILES string of the molecule is COC(=O)c1cc(OC(C)=O)c2cc(Cl)oc2c1. The average Bonchev–Trinajstić information content (AvgIpc) is 2.68. The van der Waals surface area contributed by atoms with Crippen molar-refractivity contribution in [1.82, 2.24) is 0 Å². The molecule has 0 atom stereocenters. The zero-order valence-corrected chi connectivity index (χ0v) is 10.4. The summed E-state index contributed by atoms with van der Waals surface area (Å²) < 4.78 is 14.8. The van der Waals surface area contributed by atoms with Gasteiger partial charge < -0.3 is 13.9 Å². The molecule has 0 amide bonds. The third-order valence-electron chi connectivity index (χ3n) is 2.24. The minimum atomic E-state index is -0.558. The van der Waals surface area contributed by atoms with Gasteiger partial charge in [-0.3, -0.25) is 4.79 Å². The number of methoxy groups -OCH3 is 1. The Bertz CT molecular complexity index is 629. The number of hydrogen-bond donors (Lipinski definition) is 0. The summed E-state index contributed by atoms with van der Waals surface area (Å²) in [5, 5.41) is 0.656. The highest BCUT2D eigenvalue weighted by atomic mass is 35.5. The van der Waals surface area contributed by atoms with Gasteiger partial charge in [0.1, 0.15) is 11.3 Å². The monoisotopic (exact) mass is 268 g/mol. The number of furan rings is 1. The van der Waals surface area contributed by atoms with Crippen molar-refractivity contribution in [3.63, 3.8) is 0 Å². The topological polar surface area (TPSA) is 65.7 Å². The largest absolute Gasteiger partial charge is 0.465 e. The number of benzene rings is 1. The summed E-state index contributed by atoms with van der Waals surface area (Å²) in [7, 11) is 1.26. The van der Waals surface area contributed by atoms with E-state index in [-0.39, 0.29) is 16.5 Å². The van der Waals surface area contributed by atoms with Gasteiger partial charge in [0.2, 0.25) is 0 Å². The fourth-order valence-electron chi connectivity index (χ4n) is 1.55. The Morgan fingerprint density at radius 2 is 2.00 bits per heavy atom. The molecule has 0 aliphatic heterocycles. The third kappa shape index (κ3) is 2.31. The predicted molar refractivity (Wildman–Crippen MR) is 63.9 cm³/mol. The average molecular weight is 269 g/mol. The number of rotatable bonds is 2. The van der Waals surface area contributed by atoms with Crippen LogP contribution in [-0.2, 0) is 9.53 Å². The van der Waals surface area contributed by atoms with E-state index in [9.17, 15) is 9.59 Å². The smallest absolute Gasteiger partial charge is 0.338 e. The number of hydrogen-bond acceptors (Lipinski definition) is 5. The molecule has 2 aromatic rings. The number of halogens is 1. The van der Waals surface area contributed by atoms with E-state index in [2.05, 4.69) is 4.74 Å². The molecule has 1 aromatic carbocycles. The second kappa shape index (κ2) is 4.70. The van der Waals surface area contributed by atoms with Crippen LogP contribution in [0.4, 0.5) is 0 Å². The van der Waals surface area contributed by atoms with Gasteiger partial charge in [-0.25, -0.2) is 4.79 Å². The minimum absolute atomic E-state index is 0.139. The zero-order chi connectivity index (χ0) is 13.3. The molecule has 6 heteroatoms. The first-order chi connectivity index (χ1) is 8.51. The van der Waals surface area contributed by atoms with Crippen LogP contribution in [-0.4, -0.2) is 19.0 Å². The number of ether oxygens (including phenoxy) is 2. The molecule has 0 saturated heterocycles. The maximum atomic E-state index is 11.5. The Balaban J connectivity index is 2.63. The quantitative estimate of drug-likeness (QED) is 0.619. The molecule has 0 aliphatic rings. The maximum absolute atomic E-state index is 11.5. The van der Waals surface area contributed by atoms with E-state index >= 15 is 0 Å². The van der Waals surface area contributed by atoms with Crippen LogP contribution >= 0.6 is 11.6 Å². The van der Waals surface area contributed by atoms with Crippen molar-refractivity contribution in [3.8, 4) is 5.75 Å². The van der Waals surface area contributed by atoms with Crippen LogP contribution in [0, 0.1) is 0 Å². The fraction of sp³-hybridized carbons (Fsp3) is 0.167. The van der Waals surface area contributed by atoms with Gasteiger partial charge in [0.25, 0.3) is 0 Å². The van der Waals surface area contributed by atoms with E-state index in [0.29, 0.717) is 11.0 Å². The first kappa shape index (κ1) is 12.4. The van der Waals surface area contributed by atoms with Crippen molar-refractivity contribution in [2.24, 2.45) is 0 Å². The number of carbonyl (C=O) groups excluding carboxylic acids is 2. The Kier molecular flexibility index (Phi) is 3.25. The molecule has 18 heavy (non-hydrogen) atoms. The molecule has 1 heterocycles. The van der Waals surface area contributed by atoms with E-state index in [1.54, 1.807) is 0 Å². The molecule has 0 saturated carbocycles. The highest BCUT2D eigenvalue weighted by Gasteiger charge is 2.16. The second-order valence-electron chi connectivity index (χ2n) is 3.52. The molecule has 0 fully saturated rings. The molecule has 0 bridgehead atoms. The van der Waals surface area contributed by atoms with E-state index in [1.165, 1.54) is 32.2 Å². The standard InChI is InChI=1S/C12H9ClO5/c1-6(14)17-9-3-7(12(15)16-2)4-10-8(9)5-11(13)18-10/h3-5H,1-2H3. The first-order valence-corrected chi connectivity index (χ1v) is 5.39. The van der Waals surface area contributed by atoms with Crippen molar-refractivity contribution in [1.29, 1.82) is 0 Å². The highest BCUT2D eigenvalue weighted by molar-refractivity contribution is 6.30. The van der Waals surface area contributed by atoms with Gasteiger partial charge >= 0.3 is 11.9 Å². The van der Waals surface area contributed by atoms with E-state index in [1.807, 2.05) is 0 Å². The fourth-order valence-corrected chi connectivity index (χ4v) is 1.74. The lowest BCUT2D eigenvalue weighted by Crippen LogP contribution is -2.05. The molecule has 94 valence electrons. The summed E-state index contributed by atoms with van der Waals surface area (Å²) in [5.74, 6) is -0.857. The minimum Gasteiger partial charge on any atom is -0.465 e. The molecule has 5 nitrogen and oxygen atoms in total. The van der Waals surface area contributed by atoms with Crippen LogP contribution in [0.1, 0.15) is 17.3 Å². The normalized spacial score (nSPS) is 10.4. The number of esters is 2. The number of carbonyl (C=O) groups is 2. The van der Waals surface area contributed by atoms with Crippen molar-refractivity contribution in [3.05, 3.63) is 29.0 Å². The van der Waals surface area contributed by atoms with Gasteiger partial charge in [-0.2, -0.15) is 0 Å². The van der Waals surface area contributed by atoms with Gasteiger partial charge in [0, 0.05) is 13.0 Å². The van der Waals surface area contributed by atoms with E-state index in [4.69, 9.17) is 20.8 Å². The van der Waals surface area contributed by atoms with Crippen LogP contribution in [0.3, 0.4) is 0 Å². The Morgan fingerprint density at radius 3 is 2.61 bits per heavy atom. The zero-order valence-electron chi connectivity index (χ0n) is 9.65. The van der Waals surface area contributed by atoms with Crippen LogP contribution in [0.25, 0.3) is 11.0 Å². The summed E-state index contributed by atoms with van der Waals surface area (Å²) in [4.78, 5) is 22.5. The third-order valence-corrected chi connectivity index (χ3v) is 2.43. The summed E-state index contributed by atoms with van der Waals surface area (Å²) in [6.45, 7) is 1.26. The van der Waals surface area contributed by atoms with Gasteiger partial charge in [-0.1, -0.05) is 0 Å². The van der Waals surface area contributed by atoms with Gasteiger partial charge in [0.15, 0.2) is 5.22 Å². The predicted octanol–water partition coefficient (Wildman–Crippen LogP) is 2.80. The molecule has 0 N–H and O–H groups in total. The number of fused-ring (bicyclic) bond motifs is 1. The summed E-state index contributed by atoms with van der Waals surface area (Å²) in [6, 6.07) is 4.39. The summed E-state index contributed by atoms with van der Waals surface area (Å²) >= 11 is 5.73.